The molecule has 174 valence electrons. The monoisotopic (exact) mass is 476 g/mol. The standard InChI is InChI=1S/C25H23F3O4S/c1-24(23(29)30,15-16-33-17-18-5-3-2-4-6-18)32-22-13-11-21(12-14-22)31-20-9-7-19(8-10-20)25(26,27)28/h2-14H,15-17H2,1H3,(H,29,30). The molecule has 3 aromatic rings. The van der Waals surface area contributed by atoms with Gasteiger partial charge in [-0.2, -0.15) is 24.9 Å². The van der Waals surface area contributed by atoms with Crippen LogP contribution in [0.5, 0.6) is 17.2 Å². The summed E-state index contributed by atoms with van der Waals surface area (Å²) >= 11 is 1.63. The Morgan fingerprint density at radius 3 is 1.97 bits per heavy atom. The molecule has 0 amide bonds. The number of hydrogen-bond donors (Lipinski definition) is 1. The van der Waals surface area contributed by atoms with Gasteiger partial charge < -0.3 is 14.6 Å². The normalized spacial score (nSPS) is 13.2. The lowest BCUT2D eigenvalue weighted by molar-refractivity contribution is -0.153. The first-order valence-electron chi connectivity index (χ1n) is 10.1. The molecule has 0 spiro atoms. The largest absolute Gasteiger partial charge is 0.478 e. The van der Waals surface area contributed by atoms with E-state index in [2.05, 4.69) is 0 Å². The molecule has 1 atom stereocenters. The van der Waals surface area contributed by atoms with Crippen LogP contribution in [0.1, 0.15) is 24.5 Å². The lowest BCUT2D eigenvalue weighted by Crippen LogP contribution is -2.42. The number of hydrogen-bond acceptors (Lipinski definition) is 4. The maximum atomic E-state index is 12.7. The predicted octanol–water partition coefficient (Wildman–Crippen LogP) is 7.04. The zero-order valence-corrected chi connectivity index (χ0v) is 18.7. The van der Waals surface area contributed by atoms with Gasteiger partial charge in [0.2, 0.25) is 5.60 Å². The molecule has 0 aromatic heterocycles. The van der Waals surface area contributed by atoms with Crippen LogP contribution in [0.2, 0.25) is 0 Å². The van der Waals surface area contributed by atoms with Crippen molar-refractivity contribution in [2.75, 3.05) is 5.75 Å². The van der Waals surface area contributed by atoms with E-state index in [1.165, 1.54) is 24.6 Å². The molecule has 0 bridgehead atoms. The topological polar surface area (TPSA) is 55.8 Å². The van der Waals surface area contributed by atoms with Gasteiger partial charge in [0.15, 0.2) is 0 Å². The molecule has 8 heteroatoms. The van der Waals surface area contributed by atoms with Crippen molar-refractivity contribution in [2.24, 2.45) is 0 Å². The first-order chi connectivity index (χ1) is 15.7. The van der Waals surface area contributed by atoms with E-state index in [-0.39, 0.29) is 5.75 Å². The number of thioether (sulfide) groups is 1. The third kappa shape index (κ3) is 7.18. The fourth-order valence-electron chi connectivity index (χ4n) is 2.92. The van der Waals surface area contributed by atoms with Crippen LogP contribution in [0.3, 0.4) is 0 Å². The Bertz CT molecular complexity index is 1040. The van der Waals surface area contributed by atoms with Gasteiger partial charge in [0, 0.05) is 12.2 Å². The molecule has 4 nitrogen and oxygen atoms in total. The third-order valence-corrected chi connectivity index (χ3v) is 5.90. The number of aliphatic carboxylic acids is 1. The lowest BCUT2D eigenvalue weighted by Gasteiger charge is -2.26. The zero-order chi connectivity index (χ0) is 23.9. The molecule has 0 saturated heterocycles. The van der Waals surface area contributed by atoms with E-state index >= 15 is 0 Å². The van der Waals surface area contributed by atoms with Crippen molar-refractivity contribution >= 4 is 17.7 Å². The van der Waals surface area contributed by atoms with Crippen LogP contribution < -0.4 is 9.47 Å². The number of benzene rings is 3. The van der Waals surface area contributed by atoms with Crippen molar-refractivity contribution in [3.05, 3.63) is 90.0 Å². The number of halogens is 3. The van der Waals surface area contributed by atoms with Crippen LogP contribution in [0.4, 0.5) is 13.2 Å². The molecule has 0 aliphatic heterocycles. The van der Waals surface area contributed by atoms with Crippen LogP contribution in [0.25, 0.3) is 0 Å². The van der Waals surface area contributed by atoms with Crippen LogP contribution in [0, 0.1) is 0 Å². The molecule has 0 heterocycles. The van der Waals surface area contributed by atoms with Crippen molar-refractivity contribution in [1.82, 2.24) is 0 Å². The van der Waals surface area contributed by atoms with Crippen molar-refractivity contribution in [1.29, 1.82) is 0 Å². The SMILES string of the molecule is CC(CCSCc1ccccc1)(Oc1ccc(Oc2ccc(C(F)(F)F)cc2)cc1)C(=O)O. The van der Waals surface area contributed by atoms with E-state index in [1.54, 1.807) is 36.0 Å². The van der Waals surface area contributed by atoms with Crippen molar-refractivity contribution in [3.8, 4) is 17.2 Å². The molecule has 0 saturated carbocycles. The van der Waals surface area contributed by atoms with Gasteiger partial charge in [-0.05, 0) is 66.8 Å². The highest BCUT2D eigenvalue weighted by atomic mass is 32.2. The average molecular weight is 477 g/mol. The van der Waals surface area contributed by atoms with Crippen LogP contribution >= 0.6 is 11.8 Å². The summed E-state index contributed by atoms with van der Waals surface area (Å²) < 4.78 is 49.3. The highest BCUT2D eigenvalue weighted by Gasteiger charge is 2.35. The van der Waals surface area contributed by atoms with Gasteiger partial charge >= 0.3 is 12.1 Å². The molecule has 33 heavy (non-hydrogen) atoms. The second-order valence-electron chi connectivity index (χ2n) is 7.52. The molecule has 3 rings (SSSR count). The quantitative estimate of drug-likeness (QED) is 0.318. The van der Waals surface area contributed by atoms with E-state index in [0.29, 0.717) is 23.7 Å². The summed E-state index contributed by atoms with van der Waals surface area (Å²) in [5.74, 6) is 1.32. The number of alkyl halides is 3. The molecular weight excluding hydrogens is 453 g/mol. The molecule has 0 radical (unpaired) electrons. The summed E-state index contributed by atoms with van der Waals surface area (Å²) in [6.07, 6.45) is -4.10. The summed E-state index contributed by atoms with van der Waals surface area (Å²) in [7, 11) is 0. The Morgan fingerprint density at radius 1 is 0.879 bits per heavy atom. The van der Waals surface area contributed by atoms with Gasteiger partial charge in [-0.25, -0.2) is 4.79 Å². The van der Waals surface area contributed by atoms with E-state index in [0.717, 1.165) is 17.9 Å². The summed E-state index contributed by atoms with van der Waals surface area (Å²) in [4.78, 5) is 11.9. The maximum Gasteiger partial charge on any atom is 0.416 e. The minimum absolute atomic E-state index is 0.252. The van der Waals surface area contributed by atoms with Crippen LogP contribution in [-0.4, -0.2) is 22.4 Å². The Balaban J connectivity index is 1.56. The van der Waals surface area contributed by atoms with Gasteiger partial charge in [0.25, 0.3) is 0 Å². The van der Waals surface area contributed by atoms with Crippen molar-refractivity contribution in [3.63, 3.8) is 0 Å². The molecular formula is C25H23F3O4S. The highest BCUT2D eigenvalue weighted by Crippen LogP contribution is 2.32. The van der Waals surface area contributed by atoms with Crippen molar-refractivity contribution < 1.29 is 32.5 Å². The summed E-state index contributed by atoms with van der Waals surface area (Å²) in [5, 5.41) is 9.70. The van der Waals surface area contributed by atoms with Gasteiger partial charge in [0.05, 0.1) is 5.56 Å². The number of carboxylic acid groups (broad SMARTS) is 1. The highest BCUT2D eigenvalue weighted by molar-refractivity contribution is 7.98. The van der Waals surface area contributed by atoms with Gasteiger partial charge in [-0.3, -0.25) is 0 Å². The summed E-state index contributed by atoms with van der Waals surface area (Å²) in [6.45, 7) is 1.53. The van der Waals surface area contributed by atoms with Crippen LogP contribution in [-0.2, 0) is 16.7 Å². The minimum atomic E-state index is -4.41. The van der Waals surface area contributed by atoms with Crippen LogP contribution in [0.15, 0.2) is 78.9 Å². The van der Waals surface area contributed by atoms with E-state index in [4.69, 9.17) is 9.47 Å². The smallest absolute Gasteiger partial charge is 0.416 e. The zero-order valence-electron chi connectivity index (χ0n) is 17.8. The van der Waals surface area contributed by atoms with E-state index in [9.17, 15) is 23.1 Å². The second kappa shape index (κ2) is 10.7. The number of rotatable bonds is 10. The Hall–Kier alpha value is -3.13. The van der Waals surface area contributed by atoms with E-state index < -0.39 is 23.3 Å². The Morgan fingerprint density at radius 2 is 1.42 bits per heavy atom. The fourth-order valence-corrected chi connectivity index (χ4v) is 4.02. The van der Waals surface area contributed by atoms with Gasteiger partial charge in [-0.1, -0.05) is 30.3 Å². The summed E-state index contributed by atoms with van der Waals surface area (Å²) in [6, 6.07) is 20.6. The van der Waals surface area contributed by atoms with E-state index in [1.807, 2.05) is 30.3 Å². The number of ether oxygens (including phenoxy) is 2. The molecule has 1 N–H and O–H groups in total. The second-order valence-corrected chi connectivity index (χ2v) is 8.63. The molecule has 0 fully saturated rings. The van der Waals surface area contributed by atoms with Crippen molar-refractivity contribution in [2.45, 2.75) is 30.9 Å². The number of carboxylic acids is 1. The Labute approximate surface area is 194 Å². The molecule has 1 unspecified atom stereocenters. The maximum absolute atomic E-state index is 12.7. The Kier molecular flexibility index (Phi) is 7.92. The first kappa shape index (κ1) is 24.5. The molecule has 0 aliphatic rings. The third-order valence-electron chi connectivity index (χ3n) is 4.87. The van der Waals surface area contributed by atoms with Gasteiger partial charge in [0.1, 0.15) is 17.2 Å². The summed E-state index contributed by atoms with van der Waals surface area (Å²) in [5.41, 5.74) is -0.989. The number of carbonyl (C=O) groups is 1. The lowest BCUT2D eigenvalue weighted by atomic mass is 10.0. The van der Waals surface area contributed by atoms with Gasteiger partial charge in [-0.15, -0.1) is 0 Å². The minimum Gasteiger partial charge on any atom is -0.478 e. The molecule has 3 aromatic carbocycles. The molecule has 0 aliphatic carbocycles. The average Bonchev–Trinajstić information content (AvgIpc) is 2.78. The fraction of sp³-hybridized carbons (Fsp3) is 0.240. The first-order valence-corrected chi connectivity index (χ1v) is 11.3. The predicted molar refractivity (Wildman–Crippen MR) is 122 cm³/mol.